The number of nitrogens with two attached hydrogens (primary N) is 1. The molecule has 2 heterocycles. The van der Waals surface area contributed by atoms with Crippen molar-refractivity contribution in [3.63, 3.8) is 0 Å². The fourth-order valence-electron chi connectivity index (χ4n) is 1.61. The van der Waals surface area contributed by atoms with Crippen molar-refractivity contribution in [3.8, 4) is 11.3 Å². The smallest absolute Gasteiger partial charge is 0.223 e. The van der Waals surface area contributed by atoms with Crippen molar-refractivity contribution in [1.82, 2.24) is 14.6 Å². The molecule has 0 aliphatic rings. The highest BCUT2D eigenvalue weighted by Gasteiger charge is 2.20. The Labute approximate surface area is 151 Å². The van der Waals surface area contributed by atoms with Crippen molar-refractivity contribution < 1.29 is 8.42 Å². The molecule has 0 aliphatic carbocycles. The van der Waals surface area contributed by atoms with Crippen LogP contribution >= 0.6 is 60.2 Å². The van der Waals surface area contributed by atoms with Crippen LogP contribution in [0.25, 0.3) is 16.2 Å². The first-order chi connectivity index (χ1) is 9.36. The van der Waals surface area contributed by atoms with E-state index in [0.717, 1.165) is 21.4 Å². The van der Waals surface area contributed by atoms with E-state index in [-0.39, 0.29) is 21.3 Å². The quantitative estimate of drug-likeness (QED) is 0.564. The summed E-state index contributed by atoms with van der Waals surface area (Å²) in [4.78, 5) is 4.84. The van der Waals surface area contributed by atoms with Gasteiger partial charge in [0.25, 0.3) is 10.0 Å². The average molecular weight is 519 g/mol. The van der Waals surface area contributed by atoms with E-state index in [9.17, 15) is 8.42 Å². The predicted molar refractivity (Wildman–Crippen MR) is 93.4 cm³/mol. The molecule has 112 valence electrons. The summed E-state index contributed by atoms with van der Waals surface area (Å²) >= 11 is 7.68. The third-order valence-corrected chi connectivity index (χ3v) is 5.95. The molecule has 11 heteroatoms. The average Bonchev–Trinajstić information content (AvgIpc) is 2.91. The first-order valence-electron chi connectivity index (χ1n) is 5.20. The summed E-state index contributed by atoms with van der Waals surface area (Å²) < 4.78 is 25.3. The zero-order valence-corrected chi connectivity index (χ0v) is 16.5. The van der Waals surface area contributed by atoms with Crippen molar-refractivity contribution in [3.05, 3.63) is 33.3 Å². The number of hydrogen-bond acceptors (Lipinski definition) is 5. The molecule has 0 amide bonds. The second-order valence-electron chi connectivity index (χ2n) is 3.87. The second kappa shape index (κ2) is 6.05. The molecule has 1 aromatic carbocycles. The van der Waals surface area contributed by atoms with E-state index in [0.29, 0.717) is 15.3 Å². The van der Waals surface area contributed by atoms with Gasteiger partial charge in [-0.25, -0.2) is 18.5 Å². The Kier molecular flexibility index (Phi) is 4.90. The minimum absolute atomic E-state index is 0. The number of primary sulfonamides is 1. The maximum atomic E-state index is 11.3. The first-order valence-corrected chi connectivity index (χ1v) is 9.15. The lowest BCUT2D eigenvalue weighted by atomic mass is 10.2. The molecule has 0 atom stereocenters. The number of halogens is 3. The number of fused-ring (bicyclic) bond motifs is 1. The van der Waals surface area contributed by atoms with Crippen molar-refractivity contribution in [2.75, 3.05) is 0 Å². The van der Waals surface area contributed by atoms with Crippen LogP contribution < -0.4 is 5.14 Å². The molecule has 2 N–H and O–H groups in total. The van der Waals surface area contributed by atoms with Gasteiger partial charge in [-0.2, -0.15) is 4.52 Å². The van der Waals surface area contributed by atoms with Crippen LogP contribution in [0.4, 0.5) is 0 Å². The molecular formula is C10H7Br3N4O2S2. The lowest BCUT2D eigenvalue weighted by molar-refractivity contribution is 0.595. The van der Waals surface area contributed by atoms with Gasteiger partial charge >= 0.3 is 0 Å². The van der Waals surface area contributed by atoms with Gasteiger partial charge < -0.3 is 0 Å². The van der Waals surface area contributed by atoms with Crippen molar-refractivity contribution in [1.29, 1.82) is 0 Å². The third kappa shape index (κ3) is 3.22. The summed E-state index contributed by atoms with van der Waals surface area (Å²) in [5, 5.41) is 9.01. The van der Waals surface area contributed by atoms with Gasteiger partial charge in [0.05, 0.1) is 0 Å². The Balaban J connectivity index is 0.00000161. The second-order valence-corrected chi connectivity index (χ2v) is 8.22. The summed E-state index contributed by atoms with van der Waals surface area (Å²) in [5.41, 5.74) is 1.59. The number of rotatable bonds is 2. The van der Waals surface area contributed by atoms with Crippen molar-refractivity contribution in [2.45, 2.75) is 4.34 Å². The minimum Gasteiger partial charge on any atom is -0.223 e. The van der Waals surface area contributed by atoms with Crippen molar-refractivity contribution in [2.24, 2.45) is 5.14 Å². The Morgan fingerprint density at radius 3 is 2.33 bits per heavy atom. The normalized spacial score (nSPS) is 11.6. The van der Waals surface area contributed by atoms with Crippen LogP contribution in [0.5, 0.6) is 0 Å². The third-order valence-electron chi connectivity index (χ3n) is 2.49. The maximum Gasteiger partial charge on any atom is 0.267 e. The number of hydrogen-bond donors (Lipinski definition) is 1. The molecule has 3 rings (SSSR count). The fourth-order valence-corrected chi connectivity index (χ4v) is 4.08. The lowest BCUT2D eigenvalue weighted by Gasteiger charge is -1.98. The van der Waals surface area contributed by atoms with E-state index in [1.54, 1.807) is 0 Å². The molecule has 0 unspecified atom stereocenters. The molecule has 3 aromatic rings. The molecule has 2 aromatic heterocycles. The lowest BCUT2D eigenvalue weighted by Crippen LogP contribution is -2.12. The summed E-state index contributed by atoms with van der Waals surface area (Å²) in [6.45, 7) is 0. The molecule has 0 spiro atoms. The van der Waals surface area contributed by atoms with Crippen LogP contribution in [0.3, 0.4) is 0 Å². The Bertz CT molecular complexity index is 902. The van der Waals surface area contributed by atoms with Crippen LogP contribution in [-0.4, -0.2) is 23.0 Å². The highest BCUT2D eigenvalue weighted by Crippen LogP contribution is 2.32. The van der Waals surface area contributed by atoms with Crippen molar-refractivity contribution >= 4 is 75.2 Å². The Morgan fingerprint density at radius 2 is 1.81 bits per heavy atom. The van der Waals surface area contributed by atoms with Gasteiger partial charge in [0.15, 0.2) is 0 Å². The largest absolute Gasteiger partial charge is 0.267 e. The Hall–Kier alpha value is -0.330. The molecule has 0 saturated heterocycles. The SMILES string of the molecule is Br.NS(=O)(=O)c1nn2c(Br)c(-c3ccc(Br)cc3)nc2s1. The van der Waals surface area contributed by atoms with Gasteiger partial charge in [-0.15, -0.1) is 22.1 Å². The zero-order valence-electron chi connectivity index (χ0n) is 10.0. The predicted octanol–water partition coefficient (Wildman–Crippen LogP) is 3.21. The van der Waals surface area contributed by atoms with Crippen LogP contribution in [0, 0.1) is 0 Å². The Morgan fingerprint density at radius 1 is 1.19 bits per heavy atom. The maximum absolute atomic E-state index is 11.3. The number of imidazole rings is 1. The highest BCUT2D eigenvalue weighted by atomic mass is 79.9. The van der Waals surface area contributed by atoms with Gasteiger partial charge in [0.1, 0.15) is 10.3 Å². The molecular weight excluding hydrogens is 512 g/mol. The minimum atomic E-state index is -3.81. The van der Waals surface area contributed by atoms with Gasteiger partial charge in [-0.05, 0) is 28.1 Å². The monoisotopic (exact) mass is 516 g/mol. The summed E-state index contributed by atoms with van der Waals surface area (Å²) in [6, 6.07) is 7.61. The van der Waals surface area contributed by atoms with Crippen LogP contribution in [0.2, 0.25) is 0 Å². The van der Waals surface area contributed by atoms with Gasteiger partial charge in [-0.3, -0.25) is 0 Å². The first kappa shape index (κ1) is 17.0. The van der Waals surface area contributed by atoms with E-state index in [1.165, 1.54) is 4.52 Å². The van der Waals surface area contributed by atoms with Gasteiger partial charge in [0.2, 0.25) is 9.30 Å². The van der Waals surface area contributed by atoms with Crippen LogP contribution in [-0.2, 0) is 10.0 Å². The van der Waals surface area contributed by atoms with E-state index >= 15 is 0 Å². The van der Waals surface area contributed by atoms with Gasteiger partial charge in [0, 0.05) is 10.0 Å². The fraction of sp³-hybridized carbons (Fsp3) is 0. The standard InChI is InChI=1S/C10H6Br2N4O2S2.BrH/c11-6-3-1-5(2-4-6)7-8(12)16-9(14-7)19-10(15-16)20(13,17)18;/h1-4H,(H2,13,17,18);1H. The summed E-state index contributed by atoms with van der Waals surface area (Å²) in [7, 11) is -3.81. The summed E-state index contributed by atoms with van der Waals surface area (Å²) in [6.07, 6.45) is 0. The topological polar surface area (TPSA) is 90.4 Å². The molecule has 6 nitrogen and oxygen atoms in total. The van der Waals surface area contributed by atoms with Crippen LogP contribution in [0.1, 0.15) is 0 Å². The molecule has 0 saturated carbocycles. The number of aromatic nitrogens is 3. The zero-order chi connectivity index (χ0) is 14.5. The molecule has 0 aliphatic heterocycles. The van der Waals surface area contributed by atoms with E-state index in [1.807, 2.05) is 24.3 Å². The van der Waals surface area contributed by atoms with E-state index in [4.69, 9.17) is 5.14 Å². The molecule has 0 radical (unpaired) electrons. The number of nitrogens with zero attached hydrogens (tertiary/aromatic N) is 3. The number of benzene rings is 1. The number of sulfonamides is 1. The molecule has 21 heavy (non-hydrogen) atoms. The van der Waals surface area contributed by atoms with Gasteiger partial charge in [-0.1, -0.05) is 39.4 Å². The van der Waals surface area contributed by atoms with E-state index < -0.39 is 10.0 Å². The van der Waals surface area contributed by atoms with Crippen LogP contribution in [0.15, 0.2) is 37.7 Å². The molecule has 0 bridgehead atoms. The highest BCUT2D eigenvalue weighted by molar-refractivity contribution is 9.10. The summed E-state index contributed by atoms with van der Waals surface area (Å²) in [5.74, 6) is 0. The molecule has 0 fully saturated rings. The van der Waals surface area contributed by atoms with E-state index in [2.05, 4.69) is 41.9 Å².